The Kier molecular flexibility index (Phi) is 3.67. The maximum absolute atomic E-state index is 10.2. The fraction of sp³-hybridized carbons (Fsp3) is 0.375. The molecule has 1 saturated heterocycles. The zero-order chi connectivity index (χ0) is 13.1. The molecule has 2 aromatic rings. The molecule has 0 aliphatic carbocycles. The SMILES string of the molecule is Oc1ccc2ccccc2c1CN1CCCOCC1. The molecule has 0 saturated carbocycles. The summed E-state index contributed by atoms with van der Waals surface area (Å²) in [5, 5.41) is 12.5. The largest absolute Gasteiger partial charge is 0.508 e. The highest BCUT2D eigenvalue weighted by Gasteiger charge is 2.13. The van der Waals surface area contributed by atoms with Crippen molar-refractivity contribution in [2.75, 3.05) is 26.3 Å². The van der Waals surface area contributed by atoms with E-state index in [1.807, 2.05) is 18.2 Å². The van der Waals surface area contributed by atoms with Gasteiger partial charge < -0.3 is 9.84 Å². The third-order valence-electron chi connectivity index (χ3n) is 3.71. The number of phenolic OH excluding ortho intramolecular Hbond substituents is 1. The lowest BCUT2D eigenvalue weighted by atomic mass is 10.0. The van der Waals surface area contributed by atoms with Crippen LogP contribution in [0.5, 0.6) is 5.75 Å². The quantitative estimate of drug-likeness (QED) is 0.898. The Morgan fingerprint density at radius 3 is 2.89 bits per heavy atom. The fourth-order valence-corrected chi connectivity index (χ4v) is 2.67. The van der Waals surface area contributed by atoms with Gasteiger partial charge in [-0.25, -0.2) is 0 Å². The summed E-state index contributed by atoms with van der Waals surface area (Å²) in [6.07, 6.45) is 1.06. The maximum atomic E-state index is 10.2. The van der Waals surface area contributed by atoms with E-state index >= 15 is 0 Å². The number of ether oxygens (including phenoxy) is 1. The van der Waals surface area contributed by atoms with Crippen molar-refractivity contribution in [2.24, 2.45) is 0 Å². The highest BCUT2D eigenvalue weighted by molar-refractivity contribution is 5.87. The van der Waals surface area contributed by atoms with Crippen LogP contribution in [0.1, 0.15) is 12.0 Å². The lowest BCUT2D eigenvalue weighted by molar-refractivity contribution is 0.140. The molecule has 0 unspecified atom stereocenters. The normalized spacial score (nSPS) is 17.5. The van der Waals surface area contributed by atoms with E-state index in [1.54, 1.807) is 6.07 Å². The molecule has 1 fully saturated rings. The molecule has 0 aromatic heterocycles. The minimum Gasteiger partial charge on any atom is -0.508 e. The minimum atomic E-state index is 0.392. The second kappa shape index (κ2) is 5.59. The van der Waals surface area contributed by atoms with E-state index in [0.717, 1.165) is 50.2 Å². The van der Waals surface area contributed by atoms with Crippen LogP contribution in [0.2, 0.25) is 0 Å². The van der Waals surface area contributed by atoms with Crippen molar-refractivity contribution in [1.29, 1.82) is 0 Å². The van der Waals surface area contributed by atoms with Crippen molar-refractivity contribution in [2.45, 2.75) is 13.0 Å². The molecule has 3 heteroatoms. The van der Waals surface area contributed by atoms with Gasteiger partial charge in [-0.3, -0.25) is 4.90 Å². The zero-order valence-electron chi connectivity index (χ0n) is 11.0. The first kappa shape index (κ1) is 12.5. The van der Waals surface area contributed by atoms with Gasteiger partial charge in [-0.05, 0) is 23.3 Å². The van der Waals surface area contributed by atoms with Crippen LogP contribution in [-0.4, -0.2) is 36.3 Å². The van der Waals surface area contributed by atoms with Gasteiger partial charge in [0.1, 0.15) is 5.75 Å². The van der Waals surface area contributed by atoms with Gasteiger partial charge in [-0.2, -0.15) is 0 Å². The third kappa shape index (κ3) is 2.72. The van der Waals surface area contributed by atoms with Crippen LogP contribution in [0.3, 0.4) is 0 Å². The maximum Gasteiger partial charge on any atom is 0.120 e. The first-order valence-corrected chi connectivity index (χ1v) is 6.84. The van der Waals surface area contributed by atoms with Crippen molar-refractivity contribution < 1.29 is 9.84 Å². The van der Waals surface area contributed by atoms with E-state index < -0.39 is 0 Å². The molecule has 1 N–H and O–H groups in total. The Hall–Kier alpha value is -1.58. The van der Waals surface area contributed by atoms with Crippen LogP contribution in [0.4, 0.5) is 0 Å². The molecule has 19 heavy (non-hydrogen) atoms. The van der Waals surface area contributed by atoms with E-state index in [4.69, 9.17) is 4.74 Å². The summed E-state index contributed by atoms with van der Waals surface area (Å²) in [6.45, 7) is 4.38. The molecule has 1 aliphatic heterocycles. The Bertz CT molecular complexity index is 560. The van der Waals surface area contributed by atoms with E-state index in [2.05, 4.69) is 17.0 Å². The number of nitrogens with zero attached hydrogens (tertiary/aromatic N) is 1. The molecule has 3 rings (SSSR count). The molecule has 3 nitrogen and oxygen atoms in total. The number of rotatable bonds is 2. The van der Waals surface area contributed by atoms with Crippen molar-refractivity contribution in [1.82, 2.24) is 4.90 Å². The highest BCUT2D eigenvalue weighted by Crippen LogP contribution is 2.28. The van der Waals surface area contributed by atoms with Crippen molar-refractivity contribution in [3.8, 4) is 5.75 Å². The zero-order valence-corrected chi connectivity index (χ0v) is 11.0. The molecule has 0 spiro atoms. The fourth-order valence-electron chi connectivity index (χ4n) is 2.67. The van der Waals surface area contributed by atoms with Crippen LogP contribution >= 0.6 is 0 Å². The Labute approximate surface area is 113 Å². The predicted octanol–water partition coefficient (Wildman–Crippen LogP) is 2.77. The molecule has 1 aliphatic rings. The van der Waals surface area contributed by atoms with E-state index in [-0.39, 0.29) is 0 Å². The molecule has 2 aromatic carbocycles. The summed E-state index contributed by atoms with van der Waals surface area (Å²) in [4.78, 5) is 2.36. The smallest absolute Gasteiger partial charge is 0.120 e. The van der Waals surface area contributed by atoms with E-state index in [0.29, 0.717) is 5.75 Å². The van der Waals surface area contributed by atoms with Crippen LogP contribution in [0.15, 0.2) is 36.4 Å². The van der Waals surface area contributed by atoms with Gasteiger partial charge in [-0.1, -0.05) is 30.3 Å². The second-order valence-corrected chi connectivity index (χ2v) is 5.03. The third-order valence-corrected chi connectivity index (χ3v) is 3.71. The summed E-state index contributed by atoms with van der Waals surface area (Å²) in [6, 6.07) is 12.0. The van der Waals surface area contributed by atoms with Gasteiger partial charge in [0.15, 0.2) is 0 Å². The average molecular weight is 257 g/mol. The summed E-state index contributed by atoms with van der Waals surface area (Å²) < 4.78 is 5.48. The van der Waals surface area contributed by atoms with Gasteiger partial charge in [0, 0.05) is 31.8 Å². The molecule has 100 valence electrons. The van der Waals surface area contributed by atoms with Crippen LogP contribution in [0.25, 0.3) is 10.8 Å². The van der Waals surface area contributed by atoms with Crippen molar-refractivity contribution >= 4 is 10.8 Å². The first-order valence-electron chi connectivity index (χ1n) is 6.84. The van der Waals surface area contributed by atoms with Crippen LogP contribution in [0, 0.1) is 0 Å². The molecular weight excluding hydrogens is 238 g/mol. The topological polar surface area (TPSA) is 32.7 Å². The van der Waals surface area contributed by atoms with Gasteiger partial charge in [0.05, 0.1) is 6.61 Å². The molecule has 1 heterocycles. The van der Waals surface area contributed by atoms with Gasteiger partial charge in [0.2, 0.25) is 0 Å². The minimum absolute atomic E-state index is 0.392. The van der Waals surface area contributed by atoms with Gasteiger partial charge in [-0.15, -0.1) is 0 Å². The lowest BCUT2D eigenvalue weighted by Gasteiger charge is -2.20. The monoisotopic (exact) mass is 257 g/mol. The van der Waals surface area contributed by atoms with Crippen molar-refractivity contribution in [3.63, 3.8) is 0 Å². The first-order chi connectivity index (χ1) is 9.34. The number of hydrogen-bond donors (Lipinski definition) is 1. The molecule has 0 bridgehead atoms. The summed E-state index contributed by atoms with van der Waals surface area (Å²) in [7, 11) is 0. The highest BCUT2D eigenvalue weighted by atomic mass is 16.5. The Morgan fingerprint density at radius 1 is 1.05 bits per heavy atom. The molecular formula is C16H19NO2. The summed E-state index contributed by atoms with van der Waals surface area (Å²) >= 11 is 0. The summed E-state index contributed by atoms with van der Waals surface area (Å²) in [5.74, 6) is 0.392. The Morgan fingerprint density at radius 2 is 1.95 bits per heavy atom. The summed E-state index contributed by atoms with van der Waals surface area (Å²) in [5.41, 5.74) is 1.03. The number of phenols is 1. The van der Waals surface area contributed by atoms with Crippen LogP contribution in [-0.2, 0) is 11.3 Å². The second-order valence-electron chi connectivity index (χ2n) is 5.03. The van der Waals surface area contributed by atoms with Gasteiger partial charge in [0.25, 0.3) is 0 Å². The number of benzene rings is 2. The Balaban J connectivity index is 1.92. The average Bonchev–Trinajstić information content (AvgIpc) is 2.71. The van der Waals surface area contributed by atoms with Crippen molar-refractivity contribution in [3.05, 3.63) is 42.0 Å². The standard InChI is InChI=1S/C16H19NO2/c18-16-7-6-13-4-1-2-5-14(13)15(16)12-17-8-3-10-19-11-9-17/h1-2,4-7,18H,3,8-12H2. The van der Waals surface area contributed by atoms with E-state index in [9.17, 15) is 5.11 Å². The number of aromatic hydroxyl groups is 1. The molecule has 0 radical (unpaired) electrons. The lowest BCUT2D eigenvalue weighted by Crippen LogP contribution is -2.25. The number of fused-ring (bicyclic) bond motifs is 1. The van der Waals surface area contributed by atoms with E-state index in [1.165, 1.54) is 5.39 Å². The molecule has 0 amide bonds. The van der Waals surface area contributed by atoms with Crippen LogP contribution < -0.4 is 0 Å². The predicted molar refractivity (Wildman–Crippen MR) is 76.3 cm³/mol. The molecule has 0 atom stereocenters. The van der Waals surface area contributed by atoms with Gasteiger partial charge >= 0.3 is 0 Å². The number of hydrogen-bond acceptors (Lipinski definition) is 3.